The van der Waals surface area contributed by atoms with Crippen LogP contribution in [0.15, 0.2) is 55.4 Å². The number of nitrogens with zero attached hydrogens (tertiary/aromatic N) is 1. The molecule has 0 saturated carbocycles. The Hall–Kier alpha value is -2.84. The number of nitrogens with one attached hydrogen (secondary N) is 2. The first-order chi connectivity index (χ1) is 14.1. The topological polar surface area (TPSA) is 63.1 Å². The molecule has 148 valence electrons. The largest absolute Gasteiger partial charge is 0.322 e. The molecule has 2 amide bonds. The standard InChI is InChI=1S/C21H18FN3O2S2/c1-2-18(26)24-16-11-13(5-6-15(16)22)23-20(27)19-14-7-10-28-12-17(14)29-21(19)25-8-3-4-9-25/h2-6,8-9,11H,1,7,10,12H2,(H,23,27)(H,24,26). The summed E-state index contributed by atoms with van der Waals surface area (Å²) in [4.78, 5) is 25.9. The van der Waals surface area contributed by atoms with Gasteiger partial charge in [-0.2, -0.15) is 11.8 Å². The number of hydrogen-bond donors (Lipinski definition) is 2. The Kier molecular flexibility index (Phi) is 5.55. The van der Waals surface area contributed by atoms with E-state index < -0.39 is 11.7 Å². The van der Waals surface area contributed by atoms with Gasteiger partial charge in [0, 0.05) is 28.7 Å². The van der Waals surface area contributed by atoms with Crippen molar-refractivity contribution in [1.29, 1.82) is 0 Å². The number of thioether (sulfide) groups is 1. The monoisotopic (exact) mass is 427 g/mol. The van der Waals surface area contributed by atoms with Crippen LogP contribution in [-0.2, 0) is 17.0 Å². The van der Waals surface area contributed by atoms with E-state index in [-0.39, 0.29) is 11.6 Å². The van der Waals surface area contributed by atoms with Gasteiger partial charge in [-0.05, 0) is 54.1 Å². The van der Waals surface area contributed by atoms with Gasteiger partial charge >= 0.3 is 0 Å². The van der Waals surface area contributed by atoms with Crippen LogP contribution >= 0.6 is 23.1 Å². The van der Waals surface area contributed by atoms with Crippen molar-refractivity contribution in [3.8, 4) is 5.00 Å². The second-order valence-electron chi connectivity index (χ2n) is 6.42. The molecule has 1 aliphatic heterocycles. The van der Waals surface area contributed by atoms with E-state index >= 15 is 0 Å². The predicted molar refractivity (Wildman–Crippen MR) is 117 cm³/mol. The average Bonchev–Trinajstić information content (AvgIpc) is 3.37. The molecule has 2 aromatic heterocycles. The molecule has 0 aliphatic carbocycles. The number of amides is 2. The first-order valence-corrected chi connectivity index (χ1v) is 10.9. The third-order valence-corrected chi connectivity index (χ3v) is 6.95. The lowest BCUT2D eigenvalue weighted by Gasteiger charge is -2.14. The summed E-state index contributed by atoms with van der Waals surface area (Å²) in [5, 5.41) is 6.14. The van der Waals surface area contributed by atoms with Crippen molar-refractivity contribution in [1.82, 2.24) is 4.57 Å². The molecule has 1 aliphatic rings. The van der Waals surface area contributed by atoms with Gasteiger partial charge in [-0.1, -0.05) is 6.58 Å². The minimum Gasteiger partial charge on any atom is -0.322 e. The number of fused-ring (bicyclic) bond motifs is 1. The molecule has 3 heterocycles. The number of carbonyl (C=O) groups excluding carboxylic acids is 2. The fraction of sp³-hybridized carbons (Fsp3) is 0.143. The summed E-state index contributed by atoms with van der Waals surface area (Å²) >= 11 is 3.49. The lowest BCUT2D eigenvalue weighted by molar-refractivity contribution is -0.111. The Morgan fingerprint density at radius 1 is 1.21 bits per heavy atom. The zero-order valence-electron chi connectivity index (χ0n) is 15.4. The molecule has 8 heteroatoms. The van der Waals surface area contributed by atoms with Crippen molar-refractivity contribution in [3.05, 3.63) is 77.2 Å². The normalized spacial score (nSPS) is 12.9. The molecule has 2 N–H and O–H groups in total. The lowest BCUT2D eigenvalue weighted by atomic mass is 10.1. The Bertz CT molecular complexity index is 1090. The average molecular weight is 428 g/mol. The maximum absolute atomic E-state index is 14.0. The van der Waals surface area contributed by atoms with Crippen LogP contribution < -0.4 is 10.6 Å². The molecule has 3 aromatic rings. The minimum atomic E-state index is -0.587. The molecule has 0 atom stereocenters. The van der Waals surface area contributed by atoms with Gasteiger partial charge in [0.25, 0.3) is 5.91 Å². The maximum Gasteiger partial charge on any atom is 0.258 e. The van der Waals surface area contributed by atoms with Crippen LogP contribution in [-0.4, -0.2) is 22.1 Å². The van der Waals surface area contributed by atoms with Gasteiger partial charge in [0.2, 0.25) is 5.91 Å². The lowest BCUT2D eigenvalue weighted by Crippen LogP contribution is -2.17. The number of hydrogen-bond acceptors (Lipinski definition) is 4. The first kappa shape index (κ1) is 19.5. The van der Waals surface area contributed by atoms with E-state index in [9.17, 15) is 14.0 Å². The van der Waals surface area contributed by atoms with E-state index in [0.717, 1.165) is 34.6 Å². The summed E-state index contributed by atoms with van der Waals surface area (Å²) in [7, 11) is 0. The molecule has 0 unspecified atom stereocenters. The fourth-order valence-electron chi connectivity index (χ4n) is 3.18. The second-order valence-corrected chi connectivity index (χ2v) is 8.61. The predicted octanol–water partition coefficient (Wildman–Crippen LogP) is 4.84. The summed E-state index contributed by atoms with van der Waals surface area (Å²) in [6.07, 6.45) is 5.73. The zero-order valence-corrected chi connectivity index (χ0v) is 17.0. The molecule has 4 rings (SSSR count). The van der Waals surface area contributed by atoms with Crippen molar-refractivity contribution in [2.24, 2.45) is 0 Å². The smallest absolute Gasteiger partial charge is 0.258 e. The maximum atomic E-state index is 14.0. The quantitative estimate of drug-likeness (QED) is 0.573. The number of aromatic nitrogens is 1. The molecular formula is C21H18FN3O2S2. The highest BCUT2D eigenvalue weighted by Gasteiger charge is 2.26. The summed E-state index contributed by atoms with van der Waals surface area (Å²) in [5.41, 5.74) is 2.13. The number of rotatable bonds is 5. The van der Waals surface area contributed by atoms with Gasteiger partial charge in [0.1, 0.15) is 10.8 Å². The van der Waals surface area contributed by atoms with Gasteiger partial charge in [-0.25, -0.2) is 4.39 Å². The van der Waals surface area contributed by atoms with E-state index in [1.807, 2.05) is 40.9 Å². The van der Waals surface area contributed by atoms with E-state index in [1.54, 1.807) is 11.3 Å². The van der Waals surface area contributed by atoms with Crippen molar-refractivity contribution < 1.29 is 14.0 Å². The molecular weight excluding hydrogens is 409 g/mol. The summed E-state index contributed by atoms with van der Waals surface area (Å²) in [6.45, 7) is 3.36. The summed E-state index contributed by atoms with van der Waals surface area (Å²) in [5.74, 6) is 0.521. The summed E-state index contributed by atoms with van der Waals surface area (Å²) in [6, 6.07) is 7.92. The number of thiophene rings is 1. The highest BCUT2D eigenvalue weighted by Crippen LogP contribution is 2.38. The fourth-order valence-corrected chi connectivity index (χ4v) is 5.62. The van der Waals surface area contributed by atoms with Crippen LogP contribution in [0, 0.1) is 5.82 Å². The van der Waals surface area contributed by atoms with Gasteiger partial charge < -0.3 is 15.2 Å². The molecule has 0 fully saturated rings. The van der Waals surface area contributed by atoms with Crippen LogP contribution in [0.25, 0.3) is 5.00 Å². The van der Waals surface area contributed by atoms with Crippen LogP contribution in [0.1, 0.15) is 20.8 Å². The van der Waals surface area contributed by atoms with Gasteiger partial charge in [-0.15, -0.1) is 11.3 Å². The highest BCUT2D eigenvalue weighted by atomic mass is 32.2. The van der Waals surface area contributed by atoms with Crippen LogP contribution in [0.5, 0.6) is 0 Å². The number of carbonyl (C=O) groups is 2. The highest BCUT2D eigenvalue weighted by molar-refractivity contribution is 7.98. The van der Waals surface area contributed by atoms with Gasteiger partial charge in [-0.3, -0.25) is 9.59 Å². The minimum absolute atomic E-state index is 0.0120. The zero-order chi connectivity index (χ0) is 20.4. The van der Waals surface area contributed by atoms with Crippen LogP contribution in [0.2, 0.25) is 0 Å². The Morgan fingerprint density at radius 2 is 2.00 bits per heavy atom. The molecule has 0 saturated heterocycles. The number of anilines is 2. The Labute approximate surface area is 175 Å². The molecule has 5 nitrogen and oxygen atoms in total. The molecule has 0 spiro atoms. The molecule has 29 heavy (non-hydrogen) atoms. The van der Waals surface area contributed by atoms with E-state index in [2.05, 4.69) is 17.2 Å². The van der Waals surface area contributed by atoms with Crippen LogP contribution in [0.3, 0.4) is 0 Å². The van der Waals surface area contributed by atoms with E-state index in [0.29, 0.717) is 11.3 Å². The molecule has 1 aromatic carbocycles. The first-order valence-electron chi connectivity index (χ1n) is 8.96. The SMILES string of the molecule is C=CC(=O)Nc1cc(NC(=O)c2c(-n3cccc3)sc3c2CCSC3)ccc1F. The van der Waals surface area contributed by atoms with Gasteiger partial charge in [0.15, 0.2) is 0 Å². The van der Waals surface area contributed by atoms with E-state index in [4.69, 9.17) is 0 Å². The van der Waals surface area contributed by atoms with Crippen molar-refractivity contribution in [3.63, 3.8) is 0 Å². The third kappa shape index (κ3) is 3.99. The third-order valence-electron chi connectivity index (χ3n) is 4.54. The second kappa shape index (κ2) is 8.26. The summed E-state index contributed by atoms with van der Waals surface area (Å²) < 4.78 is 15.9. The Balaban J connectivity index is 1.67. The molecule has 0 radical (unpaired) electrons. The van der Waals surface area contributed by atoms with Crippen molar-refractivity contribution in [2.45, 2.75) is 12.2 Å². The van der Waals surface area contributed by atoms with Gasteiger partial charge in [0.05, 0.1) is 11.3 Å². The van der Waals surface area contributed by atoms with Crippen LogP contribution in [0.4, 0.5) is 15.8 Å². The number of halogens is 1. The van der Waals surface area contributed by atoms with E-state index in [1.165, 1.54) is 23.1 Å². The van der Waals surface area contributed by atoms with Crippen molar-refractivity contribution >= 4 is 46.3 Å². The molecule has 0 bridgehead atoms. The van der Waals surface area contributed by atoms with Crippen molar-refractivity contribution in [2.75, 3.05) is 16.4 Å². The Morgan fingerprint density at radius 3 is 2.76 bits per heavy atom. The number of benzene rings is 1.